The van der Waals surface area contributed by atoms with E-state index in [1.807, 2.05) is 18.9 Å². The van der Waals surface area contributed by atoms with Crippen molar-refractivity contribution in [1.82, 2.24) is 4.90 Å². The van der Waals surface area contributed by atoms with Crippen LogP contribution in [0, 0.1) is 0 Å². The molecule has 0 aliphatic carbocycles. The molecule has 78 valence electrons. The molecular formula is C9H19NO3. The summed E-state index contributed by atoms with van der Waals surface area (Å²) in [6.07, 6.45) is 1.27. The van der Waals surface area contributed by atoms with Gasteiger partial charge in [0.25, 0.3) is 0 Å². The molecule has 0 amide bonds. The van der Waals surface area contributed by atoms with Crippen LogP contribution in [0.4, 0.5) is 0 Å². The molecule has 0 aliphatic rings. The molecule has 0 saturated carbocycles. The van der Waals surface area contributed by atoms with Crippen molar-refractivity contribution in [2.75, 3.05) is 27.3 Å². The molecule has 0 spiro atoms. The van der Waals surface area contributed by atoms with Crippen molar-refractivity contribution in [2.45, 2.75) is 25.8 Å². The van der Waals surface area contributed by atoms with E-state index in [0.29, 0.717) is 13.0 Å². The molecule has 4 nitrogen and oxygen atoms in total. The van der Waals surface area contributed by atoms with Crippen molar-refractivity contribution >= 4 is 5.97 Å². The highest BCUT2D eigenvalue weighted by atomic mass is 16.5. The van der Waals surface area contributed by atoms with Crippen LogP contribution in [-0.2, 0) is 9.53 Å². The Hall–Kier alpha value is -0.610. The number of hydrogen-bond donors (Lipinski definition) is 1. The highest BCUT2D eigenvalue weighted by Crippen LogP contribution is 2.06. The fraction of sp³-hybridized carbons (Fsp3) is 0.889. The molecule has 0 heterocycles. The first-order valence-electron chi connectivity index (χ1n) is 4.53. The lowest BCUT2D eigenvalue weighted by Gasteiger charge is -2.25. The number of ether oxygens (including phenoxy) is 1. The quantitative estimate of drug-likeness (QED) is 0.609. The third-order valence-electron chi connectivity index (χ3n) is 2.18. The van der Waals surface area contributed by atoms with E-state index in [1.54, 1.807) is 0 Å². The Morgan fingerprint density at radius 3 is 2.62 bits per heavy atom. The number of esters is 1. The average Bonchev–Trinajstić information content (AvgIpc) is 2.14. The first-order chi connectivity index (χ1) is 6.15. The number of rotatable bonds is 6. The molecule has 0 aromatic carbocycles. The van der Waals surface area contributed by atoms with Gasteiger partial charge in [0.1, 0.15) is 0 Å². The van der Waals surface area contributed by atoms with E-state index in [1.165, 1.54) is 7.11 Å². The minimum Gasteiger partial charge on any atom is -0.469 e. The van der Waals surface area contributed by atoms with Gasteiger partial charge in [0.05, 0.1) is 20.1 Å². The van der Waals surface area contributed by atoms with Gasteiger partial charge in [-0.05, 0) is 13.5 Å². The first kappa shape index (κ1) is 12.4. The van der Waals surface area contributed by atoms with Gasteiger partial charge in [-0.1, -0.05) is 6.92 Å². The summed E-state index contributed by atoms with van der Waals surface area (Å²) in [7, 11) is 3.29. The maximum Gasteiger partial charge on any atom is 0.307 e. The Balaban J connectivity index is 3.93. The Kier molecular flexibility index (Phi) is 6.54. The third-order valence-corrected chi connectivity index (χ3v) is 2.18. The molecule has 0 fully saturated rings. The summed E-state index contributed by atoms with van der Waals surface area (Å²) in [5.41, 5.74) is 0. The van der Waals surface area contributed by atoms with E-state index >= 15 is 0 Å². The molecule has 1 atom stereocenters. The molecule has 0 saturated heterocycles. The number of hydrogen-bond acceptors (Lipinski definition) is 4. The van der Waals surface area contributed by atoms with E-state index in [2.05, 4.69) is 4.74 Å². The summed E-state index contributed by atoms with van der Waals surface area (Å²) in [6.45, 7) is 2.73. The number of nitrogens with zero attached hydrogens (tertiary/aromatic N) is 1. The van der Waals surface area contributed by atoms with E-state index < -0.39 is 0 Å². The second kappa shape index (κ2) is 6.86. The number of carbonyl (C=O) groups is 1. The molecule has 0 bridgehead atoms. The molecular weight excluding hydrogens is 170 g/mol. The predicted octanol–water partition coefficient (Wildman–Crippen LogP) is 0.252. The zero-order chi connectivity index (χ0) is 10.3. The monoisotopic (exact) mass is 189 g/mol. The van der Waals surface area contributed by atoms with E-state index in [0.717, 1.165) is 6.42 Å². The lowest BCUT2D eigenvalue weighted by atomic mass is 10.1. The predicted molar refractivity (Wildman–Crippen MR) is 50.4 cm³/mol. The number of likely N-dealkylation sites (N-methyl/N-ethyl adjacent to an activating group) is 1. The highest BCUT2D eigenvalue weighted by Gasteiger charge is 2.16. The van der Waals surface area contributed by atoms with E-state index in [4.69, 9.17) is 5.11 Å². The number of carbonyl (C=O) groups excluding carboxylic acids is 1. The van der Waals surface area contributed by atoms with Crippen LogP contribution in [-0.4, -0.2) is 49.3 Å². The van der Waals surface area contributed by atoms with Gasteiger partial charge in [-0.3, -0.25) is 4.79 Å². The lowest BCUT2D eigenvalue weighted by molar-refractivity contribution is -0.142. The van der Waals surface area contributed by atoms with Crippen LogP contribution in [0.25, 0.3) is 0 Å². The lowest BCUT2D eigenvalue weighted by Crippen LogP contribution is -2.35. The van der Waals surface area contributed by atoms with Gasteiger partial charge in [-0.2, -0.15) is 0 Å². The largest absolute Gasteiger partial charge is 0.469 e. The summed E-state index contributed by atoms with van der Waals surface area (Å²) >= 11 is 0. The summed E-state index contributed by atoms with van der Waals surface area (Å²) in [5, 5.41) is 8.71. The number of aliphatic hydroxyl groups is 1. The summed E-state index contributed by atoms with van der Waals surface area (Å²) in [6, 6.07) is 0.166. The van der Waals surface area contributed by atoms with Gasteiger partial charge in [-0.15, -0.1) is 0 Å². The van der Waals surface area contributed by atoms with Crippen molar-refractivity contribution in [3.8, 4) is 0 Å². The van der Waals surface area contributed by atoms with E-state index in [9.17, 15) is 4.79 Å². The minimum atomic E-state index is -0.198. The fourth-order valence-electron chi connectivity index (χ4n) is 1.23. The zero-order valence-corrected chi connectivity index (χ0v) is 8.62. The smallest absolute Gasteiger partial charge is 0.307 e. The normalized spacial score (nSPS) is 13.0. The van der Waals surface area contributed by atoms with Crippen LogP contribution in [0.3, 0.4) is 0 Å². The Morgan fingerprint density at radius 1 is 1.62 bits per heavy atom. The maximum absolute atomic E-state index is 11.0. The highest BCUT2D eigenvalue weighted by molar-refractivity contribution is 5.69. The van der Waals surface area contributed by atoms with Crippen molar-refractivity contribution < 1.29 is 14.6 Å². The summed E-state index contributed by atoms with van der Waals surface area (Å²) in [5.74, 6) is -0.198. The minimum absolute atomic E-state index is 0.119. The molecule has 0 rings (SSSR count). The average molecular weight is 189 g/mol. The molecule has 4 heteroatoms. The Bertz CT molecular complexity index is 150. The zero-order valence-electron chi connectivity index (χ0n) is 8.62. The van der Waals surface area contributed by atoms with Crippen molar-refractivity contribution in [2.24, 2.45) is 0 Å². The van der Waals surface area contributed by atoms with Gasteiger partial charge in [0, 0.05) is 12.6 Å². The molecule has 13 heavy (non-hydrogen) atoms. The van der Waals surface area contributed by atoms with Crippen molar-refractivity contribution in [1.29, 1.82) is 0 Å². The molecule has 0 aromatic heterocycles. The van der Waals surface area contributed by atoms with Crippen molar-refractivity contribution in [3.05, 3.63) is 0 Å². The number of methoxy groups -OCH3 is 1. The molecule has 0 aromatic rings. The molecule has 0 radical (unpaired) electrons. The van der Waals surface area contributed by atoms with Crippen molar-refractivity contribution in [3.63, 3.8) is 0 Å². The fourth-order valence-corrected chi connectivity index (χ4v) is 1.23. The second-order valence-corrected chi connectivity index (χ2v) is 3.05. The number of aliphatic hydroxyl groups excluding tert-OH is 1. The van der Waals surface area contributed by atoms with Crippen LogP contribution in [0.1, 0.15) is 19.8 Å². The van der Waals surface area contributed by atoms with Gasteiger partial charge < -0.3 is 14.7 Å². The first-order valence-corrected chi connectivity index (χ1v) is 4.53. The maximum atomic E-state index is 11.0. The molecule has 1 N–H and O–H groups in total. The summed E-state index contributed by atoms with van der Waals surface area (Å²) < 4.78 is 4.58. The van der Waals surface area contributed by atoms with Gasteiger partial charge in [-0.25, -0.2) is 0 Å². The molecule has 0 aliphatic heterocycles. The SMILES string of the molecule is CCC(CC(=O)OC)N(C)CCO. The van der Waals surface area contributed by atoms with Crippen LogP contribution in [0.5, 0.6) is 0 Å². The van der Waals surface area contributed by atoms with Crippen LogP contribution in [0.15, 0.2) is 0 Å². The Labute approximate surface area is 79.5 Å². The standard InChI is InChI=1S/C9H19NO3/c1-4-8(7-9(12)13-3)10(2)5-6-11/h8,11H,4-7H2,1-3H3. The van der Waals surface area contributed by atoms with Crippen LogP contribution >= 0.6 is 0 Å². The topological polar surface area (TPSA) is 49.8 Å². The second-order valence-electron chi connectivity index (χ2n) is 3.05. The molecule has 1 unspecified atom stereocenters. The summed E-state index contributed by atoms with van der Waals surface area (Å²) in [4.78, 5) is 12.9. The van der Waals surface area contributed by atoms with Gasteiger partial charge >= 0.3 is 5.97 Å². The van der Waals surface area contributed by atoms with E-state index in [-0.39, 0.29) is 18.6 Å². The third kappa shape index (κ3) is 4.85. The van der Waals surface area contributed by atoms with Gasteiger partial charge in [0.15, 0.2) is 0 Å². The van der Waals surface area contributed by atoms with Crippen LogP contribution in [0.2, 0.25) is 0 Å². The Morgan fingerprint density at radius 2 is 2.23 bits per heavy atom. The van der Waals surface area contributed by atoms with Gasteiger partial charge in [0.2, 0.25) is 0 Å². The van der Waals surface area contributed by atoms with Crippen LogP contribution < -0.4 is 0 Å².